The molecule has 0 aromatic heterocycles. The van der Waals surface area contributed by atoms with E-state index >= 15 is 0 Å². The molecule has 0 spiro atoms. The normalized spacial score (nSPS) is 36.4. The lowest BCUT2D eigenvalue weighted by atomic mass is 9.75. The number of aliphatic hydroxyl groups excluding tert-OH is 1. The molecule has 3 aliphatic rings. The first-order valence-electron chi connectivity index (χ1n) is 8.02. The minimum Gasteiger partial charge on any atom is -0.480 e. The van der Waals surface area contributed by atoms with Crippen molar-refractivity contribution in [3.8, 4) is 0 Å². The molecule has 118 valence electrons. The molecule has 1 aliphatic carbocycles. The first kappa shape index (κ1) is 14.6. The van der Waals surface area contributed by atoms with E-state index in [1.54, 1.807) is 4.90 Å². The van der Waals surface area contributed by atoms with Crippen LogP contribution < -0.4 is 0 Å². The number of hydrogen-bond donors (Lipinski definition) is 2. The zero-order valence-corrected chi connectivity index (χ0v) is 12.3. The number of aliphatic carboxylic acids is 1. The molecule has 2 amide bonds. The van der Waals surface area contributed by atoms with Crippen molar-refractivity contribution in [1.82, 2.24) is 9.80 Å². The van der Waals surface area contributed by atoms with E-state index in [4.69, 9.17) is 0 Å². The van der Waals surface area contributed by atoms with Crippen molar-refractivity contribution in [2.75, 3.05) is 19.6 Å². The largest absolute Gasteiger partial charge is 0.480 e. The lowest BCUT2D eigenvalue weighted by Crippen LogP contribution is -2.52. The lowest BCUT2D eigenvalue weighted by Gasteiger charge is -2.42. The van der Waals surface area contributed by atoms with Crippen LogP contribution in [0, 0.1) is 11.8 Å². The Balaban J connectivity index is 1.66. The van der Waals surface area contributed by atoms with E-state index in [9.17, 15) is 19.8 Å². The summed E-state index contributed by atoms with van der Waals surface area (Å²) in [6.07, 6.45) is 5.44. The second kappa shape index (κ2) is 5.83. The Morgan fingerprint density at radius 1 is 1.00 bits per heavy atom. The fourth-order valence-electron chi connectivity index (χ4n) is 4.22. The number of rotatable bonds is 1. The van der Waals surface area contributed by atoms with Gasteiger partial charge in [0.25, 0.3) is 0 Å². The molecular formula is C15H24N2O4. The molecule has 2 heterocycles. The van der Waals surface area contributed by atoms with E-state index in [2.05, 4.69) is 0 Å². The number of carbonyl (C=O) groups is 2. The highest BCUT2D eigenvalue weighted by atomic mass is 16.4. The number of likely N-dealkylation sites (tertiary alicyclic amines) is 2. The van der Waals surface area contributed by atoms with Gasteiger partial charge in [0.2, 0.25) is 0 Å². The zero-order valence-electron chi connectivity index (χ0n) is 12.3. The van der Waals surface area contributed by atoms with E-state index in [1.807, 2.05) is 0 Å². The van der Waals surface area contributed by atoms with Crippen LogP contribution in [0.5, 0.6) is 0 Å². The Hall–Kier alpha value is -1.30. The van der Waals surface area contributed by atoms with Gasteiger partial charge in [0.15, 0.2) is 0 Å². The maximum absolute atomic E-state index is 12.6. The van der Waals surface area contributed by atoms with Crippen LogP contribution in [0.3, 0.4) is 0 Å². The maximum Gasteiger partial charge on any atom is 0.326 e. The summed E-state index contributed by atoms with van der Waals surface area (Å²) in [4.78, 5) is 27.0. The Morgan fingerprint density at radius 2 is 1.71 bits per heavy atom. The third kappa shape index (κ3) is 2.86. The molecule has 2 unspecified atom stereocenters. The van der Waals surface area contributed by atoms with Crippen LogP contribution in [-0.4, -0.2) is 63.8 Å². The van der Waals surface area contributed by atoms with Gasteiger partial charge in [0, 0.05) is 26.1 Å². The summed E-state index contributed by atoms with van der Waals surface area (Å²) in [5, 5.41) is 18.9. The Kier molecular flexibility index (Phi) is 4.06. The molecule has 6 nitrogen and oxygen atoms in total. The molecule has 3 rings (SSSR count). The molecule has 3 fully saturated rings. The Morgan fingerprint density at radius 3 is 2.43 bits per heavy atom. The van der Waals surface area contributed by atoms with E-state index in [0.717, 1.165) is 25.4 Å². The minimum absolute atomic E-state index is 0.139. The van der Waals surface area contributed by atoms with Gasteiger partial charge in [-0.3, -0.25) is 0 Å². The predicted octanol–water partition coefficient (Wildman–Crippen LogP) is 1.14. The number of hydrogen-bond acceptors (Lipinski definition) is 3. The third-order valence-corrected chi connectivity index (χ3v) is 5.37. The first-order valence-corrected chi connectivity index (χ1v) is 8.02. The summed E-state index contributed by atoms with van der Waals surface area (Å²) in [6.45, 7) is 1.61. The van der Waals surface area contributed by atoms with Crippen molar-refractivity contribution in [2.45, 2.75) is 50.7 Å². The van der Waals surface area contributed by atoms with Gasteiger partial charge in [-0.2, -0.15) is 0 Å². The lowest BCUT2D eigenvalue weighted by molar-refractivity contribution is -0.141. The van der Waals surface area contributed by atoms with Crippen LogP contribution in [0.1, 0.15) is 38.5 Å². The summed E-state index contributed by atoms with van der Waals surface area (Å²) in [7, 11) is 0. The van der Waals surface area contributed by atoms with Crippen molar-refractivity contribution in [1.29, 1.82) is 0 Å². The Labute approximate surface area is 124 Å². The monoisotopic (exact) mass is 296 g/mol. The first-order chi connectivity index (χ1) is 10.1. The average Bonchev–Trinajstić information content (AvgIpc) is 2.88. The number of carboxylic acids is 1. The van der Waals surface area contributed by atoms with Crippen LogP contribution in [0.2, 0.25) is 0 Å². The van der Waals surface area contributed by atoms with Crippen molar-refractivity contribution >= 4 is 12.0 Å². The second-order valence-electron chi connectivity index (χ2n) is 6.72. The summed E-state index contributed by atoms with van der Waals surface area (Å²) in [5.41, 5.74) is 0. The van der Waals surface area contributed by atoms with E-state index in [-0.39, 0.29) is 19.0 Å². The molecule has 0 aromatic carbocycles. The number of nitrogens with zero attached hydrogens (tertiary/aromatic N) is 2. The highest BCUT2D eigenvalue weighted by Crippen LogP contribution is 2.36. The zero-order chi connectivity index (χ0) is 15.0. The summed E-state index contributed by atoms with van der Waals surface area (Å²) < 4.78 is 0. The summed E-state index contributed by atoms with van der Waals surface area (Å²) in [5.74, 6) is 0.293. The predicted molar refractivity (Wildman–Crippen MR) is 75.8 cm³/mol. The molecule has 4 atom stereocenters. The second-order valence-corrected chi connectivity index (χ2v) is 6.72. The van der Waals surface area contributed by atoms with Crippen molar-refractivity contribution in [2.24, 2.45) is 11.8 Å². The summed E-state index contributed by atoms with van der Waals surface area (Å²) in [6, 6.07) is -1.08. The molecule has 0 aromatic rings. The SMILES string of the molecule is O=C(O)[C@@H]1C[C@H](O)CN1C(=O)N1CCC2CCCCC2C1. The van der Waals surface area contributed by atoms with Gasteiger partial charge < -0.3 is 20.0 Å². The number of piperidine rings is 1. The fourth-order valence-corrected chi connectivity index (χ4v) is 4.22. The number of carboxylic acid groups (broad SMARTS) is 1. The van der Waals surface area contributed by atoms with Crippen LogP contribution in [0.25, 0.3) is 0 Å². The molecular weight excluding hydrogens is 272 g/mol. The molecule has 2 N–H and O–H groups in total. The van der Waals surface area contributed by atoms with Gasteiger partial charge in [-0.25, -0.2) is 9.59 Å². The number of carbonyl (C=O) groups excluding carboxylic acids is 1. The van der Waals surface area contributed by atoms with Gasteiger partial charge >= 0.3 is 12.0 Å². The number of urea groups is 1. The molecule has 0 radical (unpaired) electrons. The highest BCUT2D eigenvalue weighted by molar-refractivity contribution is 5.83. The van der Waals surface area contributed by atoms with E-state index < -0.39 is 18.1 Å². The molecule has 1 saturated carbocycles. The van der Waals surface area contributed by atoms with Crippen LogP contribution in [-0.2, 0) is 4.79 Å². The third-order valence-electron chi connectivity index (χ3n) is 5.37. The number of amides is 2. The maximum atomic E-state index is 12.6. The number of β-amino-alcohol motifs (C(OH)–C–C–N with tert-alkyl or cyclic N) is 1. The van der Waals surface area contributed by atoms with E-state index in [0.29, 0.717) is 5.92 Å². The van der Waals surface area contributed by atoms with Gasteiger partial charge in [0.05, 0.1) is 6.10 Å². The highest BCUT2D eigenvalue weighted by Gasteiger charge is 2.42. The van der Waals surface area contributed by atoms with E-state index in [1.165, 1.54) is 30.6 Å². The van der Waals surface area contributed by atoms with Crippen molar-refractivity contribution in [3.63, 3.8) is 0 Å². The van der Waals surface area contributed by atoms with Gasteiger partial charge in [-0.1, -0.05) is 19.3 Å². The summed E-state index contributed by atoms with van der Waals surface area (Å²) >= 11 is 0. The molecule has 21 heavy (non-hydrogen) atoms. The van der Waals surface area contributed by atoms with Gasteiger partial charge in [-0.05, 0) is 24.7 Å². The molecule has 6 heteroatoms. The standard InChI is InChI=1S/C15H24N2O4/c18-12-7-13(14(19)20)17(9-12)15(21)16-6-5-10-3-1-2-4-11(10)8-16/h10-13,18H,1-9H2,(H,19,20)/t10?,11?,12-,13-/m0/s1. The number of aliphatic hydroxyl groups is 1. The average molecular weight is 296 g/mol. The molecule has 2 aliphatic heterocycles. The molecule has 0 bridgehead atoms. The fraction of sp³-hybridized carbons (Fsp3) is 0.867. The van der Waals surface area contributed by atoms with Crippen LogP contribution in [0.4, 0.5) is 4.79 Å². The Bertz CT molecular complexity index is 428. The van der Waals surface area contributed by atoms with Gasteiger partial charge in [-0.15, -0.1) is 0 Å². The minimum atomic E-state index is -1.02. The quantitative estimate of drug-likeness (QED) is 0.760. The van der Waals surface area contributed by atoms with Crippen molar-refractivity contribution < 1.29 is 19.8 Å². The molecule has 2 saturated heterocycles. The van der Waals surface area contributed by atoms with Crippen molar-refractivity contribution in [3.05, 3.63) is 0 Å². The van der Waals surface area contributed by atoms with Crippen LogP contribution >= 0.6 is 0 Å². The van der Waals surface area contributed by atoms with Crippen LogP contribution in [0.15, 0.2) is 0 Å². The van der Waals surface area contributed by atoms with Gasteiger partial charge in [0.1, 0.15) is 6.04 Å². The smallest absolute Gasteiger partial charge is 0.326 e. The number of fused-ring (bicyclic) bond motifs is 1. The topological polar surface area (TPSA) is 81.1 Å².